The summed E-state index contributed by atoms with van der Waals surface area (Å²) in [6.07, 6.45) is 2.36. The van der Waals surface area contributed by atoms with Crippen molar-refractivity contribution in [2.45, 2.75) is 13.0 Å². The first-order chi connectivity index (χ1) is 12.2. The first-order valence-corrected chi connectivity index (χ1v) is 8.05. The summed E-state index contributed by atoms with van der Waals surface area (Å²) in [6.45, 7) is 4.15. The molecule has 2 N–H and O–H groups in total. The van der Waals surface area contributed by atoms with E-state index in [-0.39, 0.29) is 24.2 Å². The number of hydrogen-bond acceptors (Lipinski definition) is 6. The third-order valence-electron chi connectivity index (χ3n) is 3.69. The Morgan fingerprint density at radius 3 is 2.88 bits per heavy atom. The van der Waals surface area contributed by atoms with Gasteiger partial charge in [-0.25, -0.2) is 14.4 Å². The molecule has 2 heterocycles. The maximum atomic E-state index is 14.3. The zero-order valence-corrected chi connectivity index (χ0v) is 15.0. The molecule has 1 aromatic carbocycles. The quantitative estimate of drug-likeness (QED) is 0.825. The van der Waals surface area contributed by atoms with Gasteiger partial charge in [0.05, 0.1) is 31.7 Å². The average Bonchev–Trinajstić information content (AvgIpc) is 2.63. The molecule has 26 heavy (non-hydrogen) atoms. The van der Waals surface area contributed by atoms with Crippen LogP contribution in [0.25, 0.3) is 0 Å². The van der Waals surface area contributed by atoms with Gasteiger partial charge in [-0.2, -0.15) is 0 Å². The van der Waals surface area contributed by atoms with Crippen LogP contribution in [0, 0.1) is 5.82 Å². The van der Waals surface area contributed by atoms with Crippen molar-refractivity contribution < 1.29 is 18.7 Å². The molecule has 0 spiro atoms. The van der Waals surface area contributed by atoms with Gasteiger partial charge in [0.1, 0.15) is 11.5 Å². The van der Waals surface area contributed by atoms with Crippen molar-refractivity contribution >= 4 is 24.0 Å². The molecular weight excluding hydrogens is 363 g/mol. The minimum absolute atomic E-state index is 0. The summed E-state index contributed by atoms with van der Waals surface area (Å²) in [4.78, 5) is 20.1. The first-order valence-electron chi connectivity index (χ1n) is 8.05. The predicted molar refractivity (Wildman–Crippen MR) is 96.4 cm³/mol. The van der Waals surface area contributed by atoms with Gasteiger partial charge in [0.15, 0.2) is 0 Å². The van der Waals surface area contributed by atoms with Crippen LogP contribution in [-0.2, 0) is 4.74 Å². The molecule has 1 aromatic heterocycles. The van der Waals surface area contributed by atoms with Gasteiger partial charge < -0.3 is 20.1 Å². The van der Waals surface area contributed by atoms with Crippen LogP contribution in [0.2, 0.25) is 0 Å². The third kappa shape index (κ3) is 4.87. The number of carbonyl (C=O) groups excluding carboxylic acids is 1. The Kier molecular flexibility index (Phi) is 7.26. The Balaban J connectivity index is 0.00000243. The highest BCUT2D eigenvalue weighted by atomic mass is 35.5. The van der Waals surface area contributed by atoms with Crippen molar-refractivity contribution in [3.63, 3.8) is 0 Å². The fraction of sp³-hybridized carbons (Fsp3) is 0.353. The molecular formula is C17H20ClFN4O3. The van der Waals surface area contributed by atoms with E-state index in [1.807, 2.05) is 6.92 Å². The van der Waals surface area contributed by atoms with Crippen LogP contribution in [0.15, 0.2) is 30.6 Å². The summed E-state index contributed by atoms with van der Waals surface area (Å²) in [5, 5.41) is 5.76. The largest absolute Gasteiger partial charge is 0.477 e. The van der Waals surface area contributed by atoms with Crippen molar-refractivity contribution in [2.75, 3.05) is 31.6 Å². The van der Waals surface area contributed by atoms with Crippen molar-refractivity contribution in [1.82, 2.24) is 15.3 Å². The third-order valence-corrected chi connectivity index (χ3v) is 3.69. The number of anilines is 1. The van der Waals surface area contributed by atoms with Gasteiger partial charge in [-0.3, -0.25) is 4.79 Å². The number of aromatic nitrogens is 2. The van der Waals surface area contributed by atoms with Gasteiger partial charge in [0, 0.05) is 24.3 Å². The van der Waals surface area contributed by atoms with Crippen molar-refractivity contribution in [3.05, 3.63) is 47.7 Å². The fourth-order valence-corrected chi connectivity index (χ4v) is 2.48. The van der Waals surface area contributed by atoms with Crippen LogP contribution >= 0.6 is 12.4 Å². The number of benzene rings is 1. The van der Waals surface area contributed by atoms with E-state index in [1.165, 1.54) is 18.5 Å². The molecule has 140 valence electrons. The molecule has 1 aliphatic heterocycles. The van der Waals surface area contributed by atoms with E-state index < -0.39 is 11.7 Å². The lowest BCUT2D eigenvalue weighted by Gasteiger charge is -2.24. The second-order valence-electron chi connectivity index (χ2n) is 5.43. The summed E-state index contributed by atoms with van der Waals surface area (Å²) < 4.78 is 25.0. The average molecular weight is 383 g/mol. The number of rotatable bonds is 5. The van der Waals surface area contributed by atoms with Gasteiger partial charge in [0.25, 0.3) is 5.91 Å². The number of carbonyl (C=O) groups is 1. The number of nitrogens with zero attached hydrogens (tertiary/aromatic N) is 2. The first kappa shape index (κ1) is 20.0. The molecule has 3 rings (SSSR count). The molecule has 1 unspecified atom stereocenters. The van der Waals surface area contributed by atoms with Crippen molar-refractivity contribution in [3.8, 4) is 5.88 Å². The predicted octanol–water partition coefficient (Wildman–Crippen LogP) is 2.35. The molecule has 0 radical (unpaired) electrons. The SMILES string of the molecule is CCOc1cnc(C(=O)Nc2ccc(C3CNCCO3)c(F)c2)cn1.Cl. The van der Waals surface area contributed by atoms with Crippen molar-refractivity contribution in [1.29, 1.82) is 0 Å². The summed E-state index contributed by atoms with van der Waals surface area (Å²) in [7, 11) is 0. The van der Waals surface area contributed by atoms with E-state index in [9.17, 15) is 9.18 Å². The molecule has 2 aromatic rings. The molecule has 0 aliphatic carbocycles. The van der Waals surface area contributed by atoms with E-state index in [0.717, 1.165) is 6.54 Å². The maximum Gasteiger partial charge on any atom is 0.275 e. The lowest BCUT2D eigenvalue weighted by Crippen LogP contribution is -2.33. The van der Waals surface area contributed by atoms with Crippen LogP contribution in [0.1, 0.15) is 29.1 Å². The molecule has 0 bridgehead atoms. The van der Waals surface area contributed by atoms with Gasteiger partial charge in [0.2, 0.25) is 5.88 Å². The number of halogens is 2. The number of hydrogen-bond donors (Lipinski definition) is 2. The Labute approximate surface area is 156 Å². The van der Waals surface area contributed by atoms with Crippen LogP contribution in [0.5, 0.6) is 5.88 Å². The van der Waals surface area contributed by atoms with E-state index in [4.69, 9.17) is 9.47 Å². The monoisotopic (exact) mass is 382 g/mol. The Hall–Kier alpha value is -2.29. The number of morpholine rings is 1. The molecule has 1 atom stereocenters. The zero-order chi connectivity index (χ0) is 17.6. The van der Waals surface area contributed by atoms with Crippen LogP contribution in [0.3, 0.4) is 0 Å². The molecule has 1 fully saturated rings. The second-order valence-corrected chi connectivity index (χ2v) is 5.43. The summed E-state index contributed by atoms with van der Waals surface area (Å²) in [5.74, 6) is -0.557. The smallest absolute Gasteiger partial charge is 0.275 e. The van der Waals surface area contributed by atoms with Gasteiger partial charge in [-0.05, 0) is 19.1 Å². The van der Waals surface area contributed by atoms with Crippen molar-refractivity contribution in [2.24, 2.45) is 0 Å². The summed E-state index contributed by atoms with van der Waals surface area (Å²) in [5.41, 5.74) is 0.921. The van der Waals surface area contributed by atoms with E-state index >= 15 is 0 Å². The van der Waals surface area contributed by atoms with Gasteiger partial charge in [-0.1, -0.05) is 6.07 Å². The molecule has 1 saturated heterocycles. The van der Waals surface area contributed by atoms with Crippen LogP contribution in [0.4, 0.5) is 10.1 Å². The van der Waals surface area contributed by atoms with Gasteiger partial charge in [-0.15, -0.1) is 12.4 Å². The van der Waals surface area contributed by atoms with Crippen LogP contribution in [-0.4, -0.2) is 42.2 Å². The fourth-order valence-electron chi connectivity index (χ4n) is 2.48. The molecule has 7 nitrogen and oxygen atoms in total. The highest BCUT2D eigenvalue weighted by molar-refractivity contribution is 6.02. The number of ether oxygens (including phenoxy) is 2. The van der Waals surface area contributed by atoms with E-state index in [1.54, 1.807) is 12.1 Å². The standard InChI is InChI=1S/C17H19FN4O3.ClH/c1-2-24-16-10-20-14(8-21-16)17(23)22-11-3-4-12(13(18)7-11)15-9-19-5-6-25-15;/h3-4,7-8,10,15,19H,2,5-6,9H2,1H3,(H,22,23);1H. The number of amides is 1. The minimum Gasteiger partial charge on any atom is -0.477 e. The molecule has 9 heteroatoms. The van der Waals surface area contributed by atoms with E-state index in [0.29, 0.717) is 36.9 Å². The highest BCUT2D eigenvalue weighted by Crippen LogP contribution is 2.24. The molecule has 1 aliphatic rings. The zero-order valence-electron chi connectivity index (χ0n) is 14.2. The minimum atomic E-state index is -0.474. The summed E-state index contributed by atoms with van der Waals surface area (Å²) in [6, 6.07) is 4.52. The molecule has 1 amide bonds. The lowest BCUT2D eigenvalue weighted by molar-refractivity contribution is 0.0255. The second kappa shape index (κ2) is 9.42. The van der Waals surface area contributed by atoms with E-state index in [2.05, 4.69) is 20.6 Å². The Morgan fingerprint density at radius 1 is 1.42 bits per heavy atom. The lowest BCUT2D eigenvalue weighted by atomic mass is 10.1. The number of nitrogens with one attached hydrogen (secondary N) is 2. The molecule has 0 saturated carbocycles. The topological polar surface area (TPSA) is 85.4 Å². The van der Waals surface area contributed by atoms with Crippen LogP contribution < -0.4 is 15.4 Å². The maximum absolute atomic E-state index is 14.3. The van der Waals surface area contributed by atoms with Gasteiger partial charge >= 0.3 is 0 Å². The summed E-state index contributed by atoms with van der Waals surface area (Å²) >= 11 is 0. The Morgan fingerprint density at radius 2 is 2.27 bits per heavy atom. The highest BCUT2D eigenvalue weighted by Gasteiger charge is 2.20. The normalized spacial score (nSPS) is 16.5. The Bertz CT molecular complexity index is 739.